The molecule has 2 aromatic carbocycles. The maximum atomic E-state index is 9.85. The van der Waals surface area contributed by atoms with Crippen LogP contribution in [-0.2, 0) is 0 Å². The highest BCUT2D eigenvalue weighted by Gasteiger charge is 2.35. The van der Waals surface area contributed by atoms with E-state index in [1.54, 1.807) is 12.1 Å². The van der Waals surface area contributed by atoms with E-state index in [9.17, 15) is 5.11 Å². The van der Waals surface area contributed by atoms with Crippen molar-refractivity contribution in [2.24, 2.45) is 4.99 Å². The Labute approximate surface area is 151 Å². The van der Waals surface area contributed by atoms with E-state index in [2.05, 4.69) is 55.8 Å². The number of para-hydroxylation sites is 2. The molecule has 1 aliphatic rings. The van der Waals surface area contributed by atoms with E-state index < -0.39 is 0 Å². The first-order valence-electron chi connectivity index (χ1n) is 9.16. The Balaban J connectivity index is 1.94. The lowest BCUT2D eigenvalue weighted by atomic mass is 9.79. The second-order valence-electron chi connectivity index (χ2n) is 7.63. The zero-order valence-electron chi connectivity index (χ0n) is 15.7. The summed E-state index contributed by atoms with van der Waals surface area (Å²) in [5.74, 6) is 0.734. The first kappa shape index (κ1) is 17.5. The van der Waals surface area contributed by atoms with Crippen LogP contribution in [0.4, 0.5) is 11.4 Å². The van der Waals surface area contributed by atoms with Gasteiger partial charge in [-0.3, -0.25) is 4.99 Å². The largest absolute Gasteiger partial charge is 0.506 e. The molecule has 0 saturated heterocycles. The summed E-state index contributed by atoms with van der Waals surface area (Å²) >= 11 is 0. The topological polar surface area (TPSA) is 35.8 Å². The fraction of sp³-hybridized carbons (Fsp3) is 0.409. The maximum absolute atomic E-state index is 9.85. The van der Waals surface area contributed by atoms with Crippen LogP contribution in [0.5, 0.6) is 5.75 Å². The van der Waals surface area contributed by atoms with Crippen molar-refractivity contribution in [3.05, 3.63) is 53.6 Å². The molecule has 25 heavy (non-hydrogen) atoms. The second kappa shape index (κ2) is 6.91. The van der Waals surface area contributed by atoms with Crippen molar-refractivity contribution < 1.29 is 5.11 Å². The van der Waals surface area contributed by atoms with Crippen LogP contribution in [0.1, 0.15) is 57.6 Å². The molecule has 3 heteroatoms. The number of fused-ring (bicyclic) bond motifs is 1. The zero-order chi connectivity index (χ0) is 18.0. The molecule has 1 unspecified atom stereocenters. The van der Waals surface area contributed by atoms with Gasteiger partial charge in [0, 0.05) is 24.0 Å². The SMILES string of the molecule is CCCN1c2ccc(C=Nc3ccccc3O)cc2C(C)CC1(C)C. The minimum absolute atomic E-state index is 0.188. The minimum Gasteiger partial charge on any atom is -0.506 e. The number of hydrogen-bond donors (Lipinski definition) is 1. The van der Waals surface area contributed by atoms with E-state index >= 15 is 0 Å². The number of aromatic hydroxyl groups is 1. The summed E-state index contributed by atoms with van der Waals surface area (Å²) in [5.41, 5.74) is 4.61. The van der Waals surface area contributed by atoms with Crippen LogP contribution in [0.25, 0.3) is 0 Å². The smallest absolute Gasteiger partial charge is 0.141 e. The molecule has 0 bridgehead atoms. The summed E-state index contributed by atoms with van der Waals surface area (Å²) in [4.78, 5) is 6.99. The van der Waals surface area contributed by atoms with Gasteiger partial charge >= 0.3 is 0 Å². The fourth-order valence-electron chi connectivity index (χ4n) is 3.95. The second-order valence-corrected chi connectivity index (χ2v) is 7.63. The Bertz CT molecular complexity index is 779. The lowest BCUT2D eigenvalue weighted by molar-refractivity contribution is 0.376. The van der Waals surface area contributed by atoms with Gasteiger partial charge in [-0.15, -0.1) is 0 Å². The Morgan fingerprint density at radius 1 is 1.24 bits per heavy atom. The summed E-state index contributed by atoms with van der Waals surface area (Å²) in [5, 5.41) is 9.85. The van der Waals surface area contributed by atoms with E-state index in [1.807, 2.05) is 18.3 Å². The van der Waals surface area contributed by atoms with E-state index in [0.717, 1.165) is 24.9 Å². The molecule has 0 amide bonds. The van der Waals surface area contributed by atoms with Gasteiger partial charge < -0.3 is 10.0 Å². The molecule has 0 spiro atoms. The number of phenols is 1. The Kier molecular flexibility index (Phi) is 4.85. The van der Waals surface area contributed by atoms with Gasteiger partial charge in [-0.2, -0.15) is 0 Å². The molecule has 1 heterocycles. The molecule has 0 aliphatic carbocycles. The van der Waals surface area contributed by atoms with E-state index in [0.29, 0.717) is 11.6 Å². The number of phenolic OH excluding ortho intramolecular Hbond substituents is 1. The fourth-order valence-corrected chi connectivity index (χ4v) is 3.95. The molecular formula is C22H28N2O. The van der Waals surface area contributed by atoms with Gasteiger partial charge in [0.05, 0.1) is 0 Å². The van der Waals surface area contributed by atoms with Gasteiger partial charge in [0.25, 0.3) is 0 Å². The molecule has 0 fully saturated rings. The normalized spacial score (nSPS) is 19.2. The quantitative estimate of drug-likeness (QED) is 0.733. The lowest BCUT2D eigenvalue weighted by Crippen LogP contribution is -2.48. The van der Waals surface area contributed by atoms with Gasteiger partial charge in [0.15, 0.2) is 0 Å². The van der Waals surface area contributed by atoms with Gasteiger partial charge in [0.2, 0.25) is 0 Å². The molecule has 1 N–H and O–H groups in total. The molecule has 0 radical (unpaired) electrons. The van der Waals surface area contributed by atoms with Crippen molar-refractivity contribution in [2.45, 2.75) is 52.0 Å². The lowest BCUT2D eigenvalue weighted by Gasteiger charge is -2.47. The number of nitrogens with zero attached hydrogens (tertiary/aromatic N) is 2. The highest BCUT2D eigenvalue weighted by atomic mass is 16.3. The highest BCUT2D eigenvalue weighted by molar-refractivity contribution is 5.84. The molecule has 3 nitrogen and oxygen atoms in total. The van der Waals surface area contributed by atoms with Crippen molar-refractivity contribution in [3.8, 4) is 5.75 Å². The summed E-state index contributed by atoms with van der Waals surface area (Å²) in [7, 11) is 0. The summed E-state index contributed by atoms with van der Waals surface area (Å²) < 4.78 is 0. The molecule has 3 rings (SSSR count). The van der Waals surface area contributed by atoms with Crippen molar-refractivity contribution in [1.29, 1.82) is 0 Å². The first-order valence-corrected chi connectivity index (χ1v) is 9.16. The first-order chi connectivity index (χ1) is 11.9. The summed E-state index contributed by atoms with van der Waals surface area (Å²) in [6.45, 7) is 10.3. The van der Waals surface area contributed by atoms with Crippen molar-refractivity contribution >= 4 is 17.6 Å². The van der Waals surface area contributed by atoms with E-state index in [4.69, 9.17) is 0 Å². The van der Waals surface area contributed by atoms with Crippen LogP contribution in [-0.4, -0.2) is 23.4 Å². The van der Waals surface area contributed by atoms with Crippen LogP contribution >= 0.6 is 0 Å². The maximum Gasteiger partial charge on any atom is 0.141 e. The van der Waals surface area contributed by atoms with Crippen LogP contribution in [0.15, 0.2) is 47.5 Å². The third-order valence-corrected chi connectivity index (χ3v) is 5.09. The number of hydrogen-bond acceptors (Lipinski definition) is 3. The van der Waals surface area contributed by atoms with Gasteiger partial charge in [-0.05, 0) is 68.0 Å². The van der Waals surface area contributed by atoms with Crippen LogP contribution in [0, 0.1) is 0 Å². The highest BCUT2D eigenvalue weighted by Crippen LogP contribution is 2.43. The van der Waals surface area contributed by atoms with Gasteiger partial charge in [0.1, 0.15) is 11.4 Å². The van der Waals surface area contributed by atoms with Crippen LogP contribution in [0.3, 0.4) is 0 Å². The van der Waals surface area contributed by atoms with Crippen LogP contribution < -0.4 is 4.90 Å². The number of benzene rings is 2. The number of anilines is 1. The molecule has 0 saturated carbocycles. The molecule has 132 valence electrons. The standard InChI is InChI=1S/C22H28N2O/c1-5-12-24-20-11-10-17(13-18(20)16(2)14-22(24,3)4)15-23-19-8-6-7-9-21(19)25/h6-11,13,15-16,25H,5,12,14H2,1-4H3. The predicted octanol–water partition coefficient (Wildman–Crippen LogP) is 5.65. The summed E-state index contributed by atoms with van der Waals surface area (Å²) in [6.07, 6.45) is 4.14. The summed E-state index contributed by atoms with van der Waals surface area (Å²) in [6, 6.07) is 13.8. The van der Waals surface area contributed by atoms with Crippen LogP contribution in [0.2, 0.25) is 0 Å². The Morgan fingerprint density at radius 3 is 2.72 bits per heavy atom. The van der Waals surface area contributed by atoms with E-state index in [1.165, 1.54) is 11.3 Å². The Hall–Kier alpha value is -2.29. The van der Waals surface area contributed by atoms with Gasteiger partial charge in [-0.25, -0.2) is 0 Å². The molecule has 1 aliphatic heterocycles. The molecule has 1 atom stereocenters. The predicted molar refractivity (Wildman–Crippen MR) is 107 cm³/mol. The molecule has 0 aromatic heterocycles. The zero-order valence-corrected chi connectivity index (χ0v) is 15.7. The van der Waals surface area contributed by atoms with Crippen molar-refractivity contribution in [3.63, 3.8) is 0 Å². The van der Waals surface area contributed by atoms with Gasteiger partial charge in [-0.1, -0.05) is 32.0 Å². The minimum atomic E-state index is 0.188. The average Bonchev–Trinajstić information content (AvgIpc) is 2.57. The number of rotatable bonds is 4. The number of aliphatic imine (C=N–C) groups is 1. The monoisotopic (exact) mass is 336 g/mol. The third kappa shape index (κ3) is 3.55. The van der Waals surface area contributed by atoms with Crippen molar-refractivity contribution in [1.82, 2.24) is 0 Å². The molecular weight excluding hydrogens is 308 g/mol. The average molecular weight is 336 g/mol. The molecule has 2 aromatic rings. The van der Waals surface area contributed by atoms with E-state index in [-0.39, 0.29) is 11.3 Å². The third-order valence-electron chi connectivity index (χ3n) is 5.09. The van der Waals surface area contributed by atoms with Crippen molar-refractivity contribution in [2.75, 3.05) is 11.4 Å². The Morgan fingerprint density at radius 2 is 2.00 bits per heavy atom.